The van der Waals surface area contributed by atoms with E-state index in [0.29, 0.717) is 33.9 Å². The van der Waals surface area contributed by atoms with Crippen molar-refractivity contribution in [3.63, 3.8) is 0 Å². The van der Waals surface area contributed by atoms with E-state index >= 15 is 4.79 Å². The molecule has 262 valence electrons. The van der Waals surface area contributed by atoms with E-state index in [1.807, 2.05) is 73.7 Å². The molecule has 0 radical (unpaired) electrons. The number of amides is 3. The molecular formula is C36H39BrN6O7. The Bertz CT molecular complexity index is 1860. The number of carbonyl (C=O) groups is 4. The first-order chi connectivity index (χ1) is 24.2. The Morgan fingerprint density at radius 3 is 2.56 bits per heavy atom. The molecule has 5 heterocycles. The highest BCUT2D eigenvalue weighted by Gasteiger charge is 2.75. The van der Waals surface area contributed by atoms with Crippen LogP contribution in [0.1, 0.15) is 44.8 Å². The number of fused-ring (bicyclic) bond motifs is 3. The van der Waals surface area contributed by atoms with Crippen LogP contribution in [0.15, 0.2) is 77.3 Å². The minimum absolute atomic E-state index is 0.00454. The maximum atomic E-state index is 15.0. The number of allylic oxidation sites excluding steroid dienone is 1. The molecule has 3 amide bonds. The first-order valence-corrected chi connectivity index (χ1v) is 17.7. The summed E-state index contributed by atoms with van der Waals surface area (Å²) < 4.78 is 15.0. The normalized spacial score (nSPS) is 31.4. The zero-order valence-corrected chi connectivity index (χ0v) is 29.3. The number of carbonyl (C=O) groups excluding carboxylic acids is 4. The van der Waals surface area contributed by atoms with Crippen molar-refractivity contribution in [2.24, 2.45) is 11.8 Å². The van der Waals surface area contributed by atoms with E-state index in [9.17, 15) is 19.5 Å². The molecule has 4 aliphatic rings. The van der Waals surface area contributed by atoms with Crippen LogP contribution >= 0.6 is 15.9 Å². The van der Waals surface area contributed by atoms with Gasteiger partial charge in [0.2, 0.25) is 11.8 Å². The van der Waals surface area contributed by atoms with Gasteiger partial charge in [-0.25, -0.2) is 4.68 Å². The van der Waals surface area contributed by atoms with Gasteiger partial charge in [-0.15, -0.1) is 5.10 Å². The Morgan fingerprint density at radius 2 is 1.80 bits per heavy atom. The topological polar surface area (TPSA) is 156 Å². The molecule has 3 aromatic rings. The number of nitrogens with one attached hydrogen (secondary N) is 1. The molecule has 2 saturated heterocycles. The van der Waals surface area contributed by atoms with Crippen LogP contribution < -0.4 is 5.32 Å². The quantitative estimate of drug-likeness (QED) is 0.286. The second-order valence-electron chi connectivity index (χ2n) is 13.2. The molecule has 1 aromatic heterocycles. The lowest BCUT2D eigenvalue weighted by Gasteiger charge is -2.38. The van der Waals surface area contributed by atoms with Crippen LogP contribution in [0.4, 0.5) is 0 Å². The predicted octanol–water partition coefficient (Wildman–Crippen LogP) is 3.00. The third-order valence-electron chi connectivity index (χ3n) is 10.2. The van der Waals surface area contributed by atoms with Crippen molar-refractivity contribution < 1.29 is 33.8 Å². The summed E-state index contributed by atoms with van der Waals surface area (Å²) in [6, 6.07) is 14.0. The summed E-state index contributed by atoms with van der Waals surface area (Å²) >= 11 is 3.59. The fraction of sp³-hybridized carbons (Fsp3) is 0.444. The van der Waals surface area contributed by atoms with Gasteiger partial charge >= 0.3 is 5.97 Å². The van der Waals surface area contributed by atoms with Crippen LogP contribution in [-0.4, -0.2) is 96.6 Å². The van der Waals surface area contributed by atoms with Gasteiger partial charge in [-0.1, -0.05) is 82.7 Å². The number of esters is 1. The molecular weight excluding hydrogens is 708 g/mol. The van der Waals surface area contributed by atoms with Crippen molar-refractivity contribution in [1.82, 2.24) is 30.1 Å². The molecule has 8 atom stereocenters. The number of ether oxygens (including phenoxy) is 2. The van der Waals surface area contributed by atoms with Gasteiger partial charge in [0.25, 0.3) is 5.91 Å². The maximum Gasteiger partial charge on any atom is 0.313 e. The Kier molecular flexibility index (Phi) is 9.35. The number of benzene rings is 2. The molecule has 5 bridgehead atoms. The van der Waals surface area contributed by atoms with Crippen molar-refractivity contribution >= 4 is 50.7 Å². The first kappa shape index (κ1) is 34.1. The van der Waals surface area contributed by atoms with E-state index in [1.165, 1.54) is 4.90 Å². The molecule has 4 aliphatic heterocycles. The summed E-state index contributed by atoms with van der Waals surface area (Å²) in [5.41, 5.74) is 0.525. The number of rotatable bonds is 6. The van der Waals surface area contributed by atoms with Crippen LogP contribution in [0.25, 0.3) is 11.0 Å². The van der Waals surface area contributed by atoms with Crippen molar-refractivity contribution in [2.75, 3.05) is 13.2 Å². The molecule has 2 aromatic carbocycles. The largest absolute Gasteiger partial charge is 0.455 e. The number of aromatic nitrogens is 3. The lowest BCUT2D eigenvalue weighted by atomic mass is 9.74. The summed E-state index contributed by atoms with van der Waals surface area (Å²) in [6.45, 7) is 3.33. The van der Waals surface area contributed by atoms with Crippen LogP contribution in [0, 0.1) is 11.8 Å². The number of hydrogen-bond donors (Lipinski definition) is 2. The number of aliphatic hydroxyl groups excluding tert-OH is 1. The number of likely N-dealkylation sites (tertiary alicyclic amines) is 1. The highest BCUT2D eigenvalue weighted by atomic mass is 79.9. The van der Waals surface area contributed by atoms with Gasteiger partial charge in [0.1, 0.15) is 42.0 Å². The van der Waals surface area contributed by atoms with E-state index in [0.717, 1.165) is 0 Å². The van der Waals surface area contributed by atoms with E-state index < -0.39 is 65.6 Å². The highest BCUT2D eigenvalue weighted by molar-refractivity contribution is 9.11. The summed E-state index contributed by atoms with van der Waals surface area (Å²) in [6.07, 6.45) is 4.58. The Labute approximate surface area is 297 Å². The summed E-state index contributed by atoms with van der Waals surface area (Å²) in [5.74, 6) is -4.02. The van der Waals surface area contributed by atoms with Crippen molar-refractivity contribution in [2.45, 2.75) is 75.7 Å². The van der Waals surface area contributed by atoms with Gasteiger partial charge in [-0.05, 0) is 43.5 Å². The van der Waals surface area contributed by atoms with Crippen molar-refractivity contribution in [3.05, 3.63) is 82.9 Å². The predicted molar refractivity (Wildman–Crippen MR) is 184 cm³/mol. The second-order valence-corrected chi connectivity index (χ2v) is 14.1. The standard InChI is InChI=1S/C36H39BrN6O7/c1-3-23(19-44)43-32-34(47)41(20-42-26-15-10-9-14-25(26)39-40-42)17-11-5-8-16-27(45)38-21(2)30(22-12-6-4-7-13-22)49-35(48)28-29(33(43)46)36(32)18-24(37)31(28)50-36/h4-7,9-15,18,21,23,28-32,44H,3,8,16-17,19-20H2,1-2H3,(H,38,45)/b11-5-/t21-,23-,28+,29-,30+,31+,32+,36-/m0/s1. The zero-order valence-electron chi connectivity index (χ0n) is 27.7. The Hall–Kier alpha value is -4.40. The number of halogens is 1. The van der Waals surface area contributed by atoms with Crippen LogP contribution in [0.2, 0.25) is 0 Å². The van der Waals surface area contributed by atoms with Crippen LogP contribution in [-0.2, 0) is 35.3 Å². The molecule has 1 spiro atoms. The van der Waals surface area contributed by atoms with Gasteiger partial charge < -0.3 is 29.7 Å². The summed E-state index contributed by atoms with van der Waals surface area (Å²) in [5, 5.41) is 22.1. The molecule has 13 nitrogen and oxygen atoms in total. The Morgan fingerprint density at radius 1 is 1.04 bits per heavy atom. The van der Waals surface area contributed by atoms with Crippen LogP contribution in [0.5, 0.6) is 0 Å². The molecule has 2 fully saturated rings. The average molecular weight is 748 g/mol. The minimum atomic E-state index is -1.52. The zero-order chi connectivity index (χ0) is 35.2. The minimum Gasteiger partial charge on any atom is -0.455 e. The molecule has 14 heteroatoms. The van der Waals surface area contributed by atoms with Crippen LogP contribution in [0.3, 0.4) is 0 Å². The van der Waals surface area contributed by atoms with Gasteiger partial charge in [0.05, 0.1) is 30.1 Å². The lowest BCUT2D eigenvalue weighted by molar-refractivity contribution is -0.162. The van der Waals surface area contributed by atoms with E-state index in [2.05, 4.69) is 31.6 Å². The number of para-hydroxylation sites is 1. The van der Waals surface area contributed by atoms with Gasteiger partial charge in [-0.3, -0.25) is 19.2 Å². The molecule has 0 unspecified atom stereocenters. The first-order valence-electron chi connectivity index (χ1n) is 16.9. The molecule has 0 aliphatic carbocycles. The van der Waals surface area contributed by atoms with Gasteiger partial charge in [0.15, 0.2) is 0 Å². The fourth-order valence-electron chi connectivity index (χ4n) is 7.83. The summed E-state index contributed by atoms with van der Waals surface area (Å²) in [4.78, 5) is 60.1. The Balaban J connectivity index is 1.34. The third kappa shape index (κ3) is 5.72. The third-order valence-corrected chi connectivity index (χ3v) is 10.9. The van der Waals surface area contributed by atoms with E-state index in [4.69, 9.17) is 9.47 Å². The number of nitrogens with zero attached hydrogens (tertiary/aromatic N) is 5. The molecule has 50 heavy (non-hydrogen) atoms. The monoisotopic (exact) mass is 746 g/mol. The summed E-state index contributed by atoms with van der Waals surface area (Å²) in [7, 11) is 0. The molecule has 7 rings (SSSR count). The maximum absolute atomic E-state index is 15.0. The van der Waals surface area contributed by atoms with E-state index in [-0.39, 0.29) is 32.1 Å². The molecule has 0 saturated carbocycles. The van der Waals surface area contributed by atoms with Crippen molar-refractivity contribution in [1.29, 1.82) is 0 Å². The highest BCUT2D eigenvalue weighted by Crippen LogP contribution is 2.59. The van der Waals surface area contributed by atoms with Crippen molar-refractivity contribution in [3.8, 4) is 0 Å². The van der Waals surface area contributed by atoms with Gasteiger partial charge in [0, 0.05) is 17.4 Å². The number of hydrogen-bond acceptors (Lipinski definition) is 9. The van der Waals surface area contributed by atoms with Gasteiger partial charge in [-0.2, -0.15) is 0 Å². The smallest absolute Gasteiger partial charge is 0.313 e. The fourth-order valence-corrected chi connectivity index (χ4v) is 8.56. The second kappa shape index (κ2) is 13.7. The molecule has 2 N–H and O–H groups in total. The average Bonchev–Trinajstić information content (AvgIpc) is 3.84. The van der Waals surface area contributed by atoms with E-state index in [1.54, 1.807) is 22.6 Å². The SMILES string of the molecule is CC[C@@H](CO)N1C(=O)[C@@H]2[C@H]3C(=O)O[C@@H](c4ccccc4)[C@H](C)NC(=O)CC/C=C\CN(Cn4nnc5ccccc54)C(=O)[C@@H]1[C@]21C=C(Br)[C@H]3O1. The lowest BCUT2D eigenvalue weighted by Crippen LogP contribution is -2.58. The number of cyclic esters (lactones) is 1. The number of aliphatic hydroxyl groups is 1.